The number of aryl methyl sites for hydroxylation is 2. The quantitative estimate of drug-likeness (QED) is 0.472. The predicted molar refractivity (Wildman–Crippen MR) is 134 cm³/mol. The Morgan fingerprint density at radius 3 is 1.78 bits per heavy atom. The smallest absolute Gasteiger partial charge is 0.307 e. The normalized spacial score (nSPS) is 12.1. The van der Waals surface area contributed by atoms with Crippen LogP contribution in [0.2, 0.25) is 5.02 Å². The Morgan fingerprint density at radius 1 is 0.778 bits per heavy atom. The molecule has 2 amide bonds. The van der Waals surface area contributed by atoms with Crippen LogP contribution in [-0.4, -0.2) is 26.3 Å². The molecule has 2 aliphatic rings. The zero-order valence-corrected chi connectivity index (χ0v) is 20.5. The van der Waals surface area contributed by atoms with Gasteiger partial charge in [-0.3, -0.25) is 0 Å². The van der Waals surface area contributed by atoms with Crippen LogP contribution in [0.3, 0.4) is 0 Å². The Balaban J connectivity index is 0.000000308. The Morgan fingerprint density at radius 2 is 1.28 bits per heavy atom. The summed E-state index contributed by atoms with van der Waals surface area (Å²) in [5.41, 5.74) is 18.2. The fraction of sp³-hybridized carbons (Fsp3) is 0.222. The van der Waals surface area contributed by atoms with Gasteiger partial charge in [0.15, 0.2) is 11.9 Å². The highest BCUT2D eigenvalue weighted by Gasteiger charge is 2.26. The first-order valence-electron chi connectivity index (χ1n) is 10.9. The van der Waals surface area contributed by atoms with Crippen molar-refractivity contribution in [3.8, 4) is 0 Å². The van der Waals surface area contributed by atoms with Crippen molar-refractivity contribution >= 4 is 45.2 Å². The van der Waals surface area contributed by atoms with Gasteiger partial charge in [0.2, 0.25) is 0 Å². The minimum absolute atomic E-state index is 0.000527. The zero-order valence-electron chi connectivity index (χ0n) is 19.0. The number of sulfonamides is 1. The van der Waals surface area contributed by atoms with Crippen LogP contribution >= 0.6 is 11.6 Å². The molecule has 0 aromatic heterocycles. The van der Waals surface area contributed by atoms with E-state index in [4.69, 9.17) is 11.6 Å². The number of nitrogens with one attached hydrogen (secondary N) is 2. The molecule has 0 atom stereocenters. The van der Waals surface area contributed by atoms with Gasteiger partial charge in [-0.25, -0.2) is 27.5 Å². The summed E-state index contributed by atoms with van der Waals surface area (Å²) in [6, 6.07) is 7.23. The third-order valence-corrected chi connectivity index (χ3v) is 7.08. The van der Waals surface area contributed by atoms with E-state index in [1.807, 2.05) is 11.5 Å². The molecule has 2 aliphatic carbocycles. The predicted octanol–water partition coefficient (Wildman–Crippen LogP) is 3.96. The number of urea groups is 1. The van der Waals surface area contributed by atoms with Crippen molar-refractivity contribution in [2.45, 2.75) is 43.4 Å². The molecule has 2 aromatic rings. The molecule has 0 radical (unpaired) electrons. The number of carbonyl (C=O) groups excluding carboxylic acids is 3. The van der Waals surface area contributed by atoms with Gasteiger partial charge in [-0.15, -0.1) is 0 Å². The lowest BCUT2D eigenvalue weighted by molar-refractivity contribution is 0.256. The monoisotopic (exact) mass is 518 g/mol. The van der Waals surface area contributed by atoms with E-state index in [9.17, 15) is 22.8 Å². The summed E-state index contributed by atoms with van der Waals surface area (Å²) in [5.74, 6) is 2.64. The fourth-order valence-electron chi connectivity index (χ4n) is 4.08. The number of halogens is 1. The maximum atomic E-state index is 12.4. The topological polar surface area (TPSA) is 109 Å². The van der Waals surface area contributed by atoms with Crippen LogP contribution in [0.4, 0.5) is 10.5 Å². The number of anilines is 1. The Hall–Kier alpha value is -4.21. The lowest BCUT2D eigenvalue weighted by Crippen LogP contribution is -2.35. The average Bonchev–Trinajstić information content (AvgIpc) is 3.51. The fourth-order valence-corrected chi connectivity index (χ4v) is 5.11. The van der Waals surface area contributed by atoms with Crippen molar-refractivity contribution in [1.29, 1.82) is 0 Å². The van der Waals surface area contributed by atoms with E-state index in [1.54, 1.807) is 0 Å². The van der Waals surface area contributed by atoms with Gasteiger partial charge in [0.25, 0.3) is 10.0 Å². The lowest BCUT2D eigenvalue weighted by Gasteiger charge is -2.16. The van der Waals surface area contributed by atoms with E-state index in [2.05, 4.69) is 39.0 Å². The molecule has 2 aromatic carbocycles. The average molecular weight is 519 g/mol. The van der Waals surface area contributed by atoms with Crippen LogP contribution in [0.1, 0.15) is 35.1 Å². The van der Waals surface area contributed by atoms with Gasteiger partial charge >= 0.3 is 6.03 Å². The molecule has 0 saturated heterocycles. The van der Waals surface area contributed by atoms with Crippen molar-refractivity contribution < 1.29 is 22.8 Å². The molecule has 0 aliphatic heterocycles. The molecular formula is C27H19ClN2O5S. The number of benzene rings is 2. The van der Waals surface area contributed by atoms with Crippen LogP contribution in [-0.2, 0) is 45.3 Å². The number of fused-ring (bicyclic) bond motifs is 2. The number of hydrogen-bond acceptors (Lipinski definition) is 5. The summed E-state index contributed by atoms with van der Waals surface area (Å²) in [5, 5.41) is 3.26. The number of amides is 2. The van der Waals surface area contributed by atoms with E-state index in [1.165, 1.54) is 47.3 Å². The van der Waals surface area contributed by atoms with Crippen LogP contribution in [0, 0.1) is 0 Å². The molecule has 0 saturated carbocycles. The molecule has 4 rings (SSSR count). The number of carbonyl (C=O) groups is 1. The molecule has 0 fully saturated rings. The van der Waals surface area contributed by atoms with Gasteiger partial charge in [0.1, 0.15) is 0 Å². The van der Waals surface area contributed by atoms with Crippen molar-refractivity contribution in [2.24, 2.45) is 0 Å². The summed E-state index contributed by atoms with van der Waals surface area (Å²) in [6.45, 7) is 0. The Bertz CT molecular complexity index is 1520. The minimum Gasteiger partial charge on any atom is -0.307 e. The van der Waals surface area contributed by atoms with Gasteiger partial charge in [-0.2, -0.15) is 0 Å². The highest BCUT2D eigenvalue weighted by atomic mass is 35.5. The van der Waals surface area contributed by atoms with E-state index in [0.29, 0.717) is 5.02 Å². The number of hydrogen-bond donors (Lipinski definition) is 2. The molecule has 7 nitrogen and oxygen atoms in total. The van der Waals surface area contributed by atoms with Crippen LogP contribution < -0.4 is 10.0 Å². The van der Waals surface area contributed by atoms with E-state index >= 15 is 0 Å². The second-order valence-electron chi connectivity index (χ2n) is 7.70. The summed E-state index contributed by atoms with van der Waals surface area (Å²) < 4.78 is 26.9. The standard InChI is InChI=1S/C19H19ClN2O3S.C8O2/c20-14-7-9-15(10-8-14)26(24,25)22-19(23)21-18-16-5-1-3-12(16)11-13-4-2-6-17(13)18;9-7-5-3-1-2-4-6-8-10/h7-11H,1-6H2,(H2,21,22,23);. The highest BCUT2D eigenvalue weighted by Crippen LogP contribution is 2.38. The summed E-state index contributed by atoms with van der Waals surface area (Å²) >= 11 is 5.79. The molecule has 0 spiro atoms. The van der Waals surface area contributed by atoms with E-state index in [-0.39, 0.29) is 4.90 Å². The first kappa shape index (κ1) is 26.4. The first-order chi connectivity index (χ1) is 17.4. The third-order valence-electron chi connectivity index (χ3n) is 5.48. The number of rotatable bonds is 3. The zero-order chi connectivity index (χ0) is 26.0. The van der Waals surface area contributed by atoms with Crippen molar-refractivity contribution in [1.82, 2.24) is 4.72 Å². The third kappa shape index (κ3) is 6.91. The molecule has 36 heavy (non-hydrogen) atoms. The maximum Gasteiger partial charge on any atom is 0.333 e. The van der Waals surface area contributed by atoms with Gasteiger partial charge in [0, 0.05) is 45.1 Å². The summed E-state index contributed by atoms with van der Waals surface area (Å²) in [4.78, 5) is 31.3. The van der Waals surface area contributed by atoms with Crippen LogP contribution in [0.15, 0.2) is 69.6 Å². The van der Waals surface area contributed by atoms with Gasteiger partial charge in [0.05, 0.1) is 4.90 Å². The van der Waals surface area contributed by atoms with Gasteiger partial charge < -0.3 is 5.32 Å². The van der Waals surface area contributed by atoms with Crippen LogP contribution in [0.5, 0.6) is 0 Å². The van der Waals surface area contributed by atoms with Crippen molar-refractivity contribution in [2.75, 3.05) is 5.32 Å². The van der Waals surface area contributed by atoms with Crippen molar-refractivity contribution in [3.05, 3.63) is 92.0 Å². The van der Waals surface area contributed by atoms with E-state index in [0.717, 1.165) is 55.3 Å². The molecule has 0 unspecified atom stereocenters. The summed E-state index contributed by atoms with van der Waals surface area (Å²) in [7, 11) is -3.95. The van der Waals surface area contributed by atoms with Gasteiger partial charge in [-0.05, 0) is 85.0 Å². The molecule has 2 N–H and O–H groups in total. The molecule has 0 bridgehead atoms. The maximum absolute atomic E-state index is 12.4. The second-order valence-corrected chi connectivity index (χ2v) is 9.82. The molecule has 0 heterocycles. The van der Waals surface area contributed by atoms with E-state index < -0.39 is 16.1 Å². The van der Waals surface area contributed by atoms with Crippen molar-refractivity contribution in [3.63, 3.8) is 0 Å². The molecule has 180 valence electrons. The lowest BCUT2D eigenvalue weighted by atomic mass is 9.99. The molecule has 9 heteroatoms. The summed E-state index contributed by atoms with van der Waals surface area (Å²) in [6.07, 6.45) is 6.00. The van der Waals surface area contributed by atoms with Gasteiger partial charge in [-0.1, -0.05) is 17.7 Å². The first-order valence-corrected chi connectivity index (χ1v) is 12.7. The Kier molecular flexibility index (Phi) is 9.15. The SMILES string of the molecule is O=C(Nc1c2c(cc3c1CCC3)CCC2)NS(=O)(=O)c1ccc(Cl)cc1.O=C=C=C=C=C=C=C=C=O. The highest BCUT2D eigenvalue weighted by molar-refractivity contribution is 7.90. The Labute approximate surface area is 213 Å². The minimum atomic E-state index is -3.95. The second kappa shape index (κ2) is 12.5. The largest absolute Gasteiger partial charge is 0.333 e. The van der Waals surface area contributed by atoms with Crippen LogP contribution in [0.25, 0.3) is 0 Å². The molecular weight excluding hydrogens is 500 g/mol.